The first-order valence-corrected chi connectivity index (χ1v) is 4.99. The molecule has 1 aromatic carbocycles. The minimum Gasteiger partial charge on any atom is -0.382 e. The molecular weight excluding hydrogens is 202 g/mol. The minimum absolute atomic E-state index is 0.514. The largest absolute Gasteiger partial charge is 0.382 e. The highest BCUT2D eigenvalue weighted by Gasteiger charge is 2.06. The Morgan fingerprint density at radius 2 is 2.19 bits per heavy atom. The summed E-state index contributed by atoms with van der Waals surface area (Å²) < 4.78 is 0. The Morgan fingerprint density at radius 3 is 2.94 bits per heavy atom. The third kappa shape index (κ3) is 1.25. The lowest BCUT2D eigenvalue weighted by molar-refractivity contribution is 1.13. The number of nitrogens with two attached hydrogens (primary N) is 1. The van der Waals surface area contributed by atoms with E-state index in [1.807, 2.05) is 25.1 Å². The lowest BCUT2D eigenvalue weighted by atomic mass is 10.1. The molecule has 0 aliphatic carbocycles. The zero-order valence-corrected chi connectivity index (χ0v) is 8.78. The second-order valence-corrected chi connectivity index (χ2v) is 3.78. The van der Waals surface area contributed by atoms with Crippen molar-refractivity contribution in [1.82, 2.24) is 20.2 Å². The van der Waals surface area contributed by atoms with E-state index in [4.69, 9.17) is 5.73 Å². The van der Waals surface area contributed by atoms with Crippen molar-refractivity contribution in [2.75, 3.05) is 5.73 Å². The van der Waals surface area contributed by atoms with Crippen LogP contribution in [0.15, 0.2) is 24.4 Å². The normalized spacial score (nSPS) is 11.1. The zero-order valence-electron chi connectivity index (χ0n) is 8.78. The number of fused-ring (bicyclic) bond motifs is 1. The van der Waals surface area contributed by atoms with Crippen LogP contribution >= 0.6 is 0 Å². The Labute approximate surface area is 91.7 Å². The van der Waals surface area contributed by atoms with Gasteiger partial charge in [0.2, 0.25) is 0 Å². The molecule has 2 heterocycles. The smallest absolute Gasteiger partial charge is 0.153 e. The highest BCUT2D eigenvalue weighted by molar-refractivity contribution is 5.91. The maximum absolute atomic E-state index is 5.76. The Balaban J connectivity index is 2.21. The highest BCUT2D eigenvalue weighted by atomic mass is 15.1. The first kappa shape index (κ1) is 8.96. The molecule has 16 heavy (non-hydrogen) atoms. The zero-order chi connectivity index (χ0) is 11.1. The molecule has 2 aromatic heterocycles. The molecule has 5 nitrogen and oxygen atoms in total. The van der Waals surface area contributed by atoms with Gasteiger partial charge in [-0.05, 0) is 25.1 Å². The van der Waals surface area contributed by atoms with E-state index < -0.39 is 0 Å². The van der Waals surface area contributed by atoms with Crippen LogP contribution in [0, 0.1) is 6.92 Å². The summed E-state index contributed by atoms with van der Waals surface area (Å²) in [6.07, 6.45) is 1.80. The van der Waals surface area contributed by atoms with Gasteiger partial charge in [0.05, 0.1) is 5.52 Å². The number of H-pyrrole nitrogens is 2. The van der Waals surface area contributed by atoms with Crippen molar-refractivity contribution in [3.05, 3.63) is 30.1 Å². The number of anilines is 1. The standard InChI is InChI=1S/C11H11N5/c1-6-5-13-11(14-6)7-2-3-9-8(4-7)10(12)16-15-9/h2-5H,1H3,(H,13,14)(H3,12,15,16). The van der Waals surface area contributed by atoms with Crippen molar-refractivity contribution < 1.29 is 0 Å². The number of rotatable bonds is 1. The number of nitrogens with one attached hydrogen (secondary N) is 2. The molecule has 0 saturated carbocycles. The molecule has 0 bridgehead atoms. The van der Waals surface area contributed by atoms with Crippen molar-refractivity contribution in [1.29, 1.82) is 0 Å². The van der Waals surface area contributed by atoms with Crippen LogP contribution in [0.1, 0.15) is 5.69 Å². The number of benzene rings is 1. The fourth-order valence-electron chi connectivity index (χ4n) is 1.74. The molecule has 3 aromatic rings. The number of imidazole rings is 1. The molecule has 0 fully saturated rings. The molecule has 3 rings (SSSR count). The number of hydrogen-bond acceptors (Lipinski definition) is 3. The summed E-state index contributed by atoms with van der Waals surface area (Å²) in [6, 6.07) is 5.91. The van der Waals surface area contributed by atoms with Crippen molar-refractivity contribution in [2.24, 2.45) is 0 Å². The predicted molar refractivity (Wildman–Crippen MR) is 62.8 cm³/mol. The van der Waals surface area contributed by atoms with Gasteiger partial charge in [-0.3, -0.25) is 5.10 Å². The second kappa shape index (κ2) is 3.10. The summed E-state index contributed by atoms with van der Waals surface area (Å²) in [4.78, 5) is 7.47. The summed E-state index contributed by atoms with van der Waals surface area (Å²) in [5.41, 5.74) is 8.74. The second-order valence-electron chi connectivity index (χ2n) is 3.78. The predicted octanol–water partition coefficient (Wildman–Crippen LogP) is 1.84. The third-order valence-corrected chi connectivity index (χ3v) is 2.57. The molecule has 80 valence electrons. The molecule has 0 spiro atoms. The van der Waals surface area contributed by atoms with E-state index >= 15 is 0 Å². The Bertz CT molecular complexity index is 649. The number of aromatic nitrogens is 4. The molecule has 0 unspecified atom stereocenters. The van der Waals surface area contributed by atoms with Crippen LogP contribution < -0.4 is 5.73 Å². The summed E-state index contributed by atoms with van der Waals surface area (Å²) >= 11 is 0. The van der Waals surface area contributed by atoms with E-state index in [9.17, 15) is 0 Å². The fourth-order valence-corrected chi connectivity index (χ4v) is 1.74. The van der Waals surface area contributed by atoms with Crippen LogP contribution in [0.3, 0.4) is 0 Å². The van der Waals surface area contributed by atoms with Crippen molar-refractivity contribution in [3.8, 4) is 11.4 Å². The van der Waals surface area contributed by atoms with Gasteiger partial charge in [-0.2, -0.15) is 5.10 Å². The molecular formula is C11H11N5. The van der Waals surface area contributed by atoms with Gasteiger partial charge in [0.1, 0.15) is 5.82 Å². The van der Waals surface area contributed by atoms with Crippen LogP contribution in [-0.2, 0) is 0 Å². The fraction of sp³-hybridized carbons (Fsp3) is 0.0909. The first-order chi connectivity index (χ1) is 7.74. The summed E-state index contributed by atoms with van der Waals surface area (Å²) in [6.45, 7) is 1.97. The van der Waals surface area contributed by atoms with E-state index in [1.54, 1.807) is 6.20 Å². The van der Waals surface area contributed by atoms with Crippen molar-refractivity contribution in [2.45, 2.75) is 6.92 Å². The van der Waals surface area contributed by atoms with Gasteiger partial charge in [-0.1, -0.05) is 0 Å². The van der Waals surface area contributed by atoms with Crippen LogP contribution in [0.4, 0.5) is 5.82 Å². The molecule has 0 radical (unpaired) electrons. The van der Waals surface area contributed by atoms with Crippen LogP contribution in [0.5, 0.6) is 0 Å². The number of nitrogens with zero attached hydrogens (tertiary/aromatic N) is 2. The Hall–Kier alpha value is -2.30. The highest BCUT2D eigenvalue weighted by Crippen LogP contribution is 2.24. The van der Waals surface area contributed by atoms with Crippen LogP contribution in [0.25, 0.3) is 22.3 Å². The number of aromatic amines is 2. The van der Waals surface area contributed by atoms with Gasteiger partial charge in [0.15, 0.2) is 5.82 Å². The molecule has 0 amide bonds. The van der Waals surface area contributed by atoms with Gasteiger partial charge < -0.3 is 10.7 Å². The van der Waals surface area contributed by atoms with Crippen molar-refractivity contribution in [3.63, 3.8) is 0 Å². The van der Waals surface area contributed by atoms with E-state index in [1.165, 1.54) is 0 Å². The molecule has 0 atom stereocenters. The number of aryl methyl sites for hydroxylation is 1. The van der Waals surface area contributed by atoms with Crippen molar-refractivity contribution >= 4 is 16.7 Å². The van der Waals surface area contributed by atoms with Crippen LogP contribution in [-0.4, -0.2) is 20.2 Å². The third-order valence-electron chi connectivity index (χ3n) is 2.57. The maximum atomic E-state index is 5.76. The van der Waals surface area contributed by atoms with E-state index in [2.05, 4.69) is 20.2 Å². The van der Waals surface area contributed by atoms with Gasteiger partial charge in [-0.25, -0.2) is 4.98 Å². The quantitative estimate of drug-likeness (QED) is 0.576. The average Bonchev–Trinajstić information content (AvgIpc) is 2.86. The van der Waals surface area contributed by atoms with Gasteiger partial charge in [0, 0.05) is 22.8 Å². The van der Waals surface area contributed by atoms with Crippen LogP contribution in [0.2, 0.25) is 0 Å². The Morgan fingerprint density at radius 1 is 1.31 bits per heavy atom. The molecule has 4 N–H and O–H groups in total. The van der Waals surface area contributed by atoms with E-state index in [0.29, 0.717) is 5.82 Å². The topological polar surface area (TPSA) is 83.4 Å². The van der Waals surface area contributed by atoms with Gasteiger partial charge >= 0.3 is 0 Å². The summed E-state index contributed by atoms with van der Waals surface area (Å²) in [7, 11) is 0. The SMILES string of the molecule is Cc1cnc(-c2ccc3[nH]nc(N)c3c2)[nH]1. The van der Waals surface area contributed by atoms with E-state index in [0.717, 1.165) is 28.0 Å². The minimum atomic E-state index is 0.514. The first-order valence-electron chi connectivity index (χ1n) is 4.99. The molecule has 5 heteroatoms. The molecule has 0 aliphatic heterocycles. The van der Waals surface area contributed by atoms with E-state index in [-0.39, 0.29) is 0 Å². The monoisotopic (exact) mass is 213 g/mol. The number of nitrogen functional groups attached to an aromatic ring is 1. The molecule has 0 aliphatic rings. The average molecular weight is 213 g/mol. The summed E-state index contributed by atoms with van der Waals surface area (Å²) in [5.74, 6) is 1.36. The van der Waals surface area contributed by atoms with Gasteiger partial charge in [0.25, 0.3) is 0 Å². The number of hydrogen-bond donors (Lipinski definition) is 3. The van der Waals surface area contributed by atoms with Gasteiger partial charge in [-0.15, -0.1) is 0 Å². The Kier molecular flexibility index (Phi) is 1.73. The maximum Gasteiger partial charge on any atom is 0.153 e. The lowest BCUT2D eigenvalue weighted by Crippen LogP contribution is -1.85. The summed E-state index contributed by atoms with van der Waals surface area (Å²) in [5, 5.41) is 7.75. The lowest BCUT2D eigenvalue weighted by Gasteiger charge is -1.97. The molecule has 0 saturated heterocycles.